The minimum Gasteiger partial charge on any atom is -0.481 e. The summed E-state index contributed by atoms with van der Waals surface area (Å²) in [6.45, 7) is 7.49. The highest BCUT2D eigenvalue weighted by Gasteiger charge is 2.21. The van der Waals surface area contributed by atoms with Crippen LogP contribution in [0.1, 0.15) is 56.6 Å². The van der Waals surface area contributed by atoms with Gasteiger partial charge in [0.1, 0.15) is 5.82 Å². The van der Waals surface area contributed by atoms with E-state index in [-0.39, 0.29) is 18.2 Å². The first kappa shape index (κ1) is 28.3. The van der Waals surface area contributed by atoms with Crippen molar-refractivity contribution in [3.63, 3.8) is 0 Å². The van der Waals surface area contributed by atoms with Crippen molar-refractivity contribution in [2.75, 3.05) is 36.8 Å². The summed E-state index contributed by atoms with van der Waals surface area (Å²) >= 11 is 0. The van der Waals surface area contributed by atoms with Gasteiger partial charge < -0.3 is 26.0 Å². The number of carboxylic acids is 1. The van der Waals surface area contributed by atoms with Crippen molar-refractivity contribution in [1.82, 2.24) is 10.2 Å². The molecule has 0 aliphatic carbocycles. The highest BCUT2D eigenvalue weighted by Crippen LogP contribution is 2.20. The molecular weight excluding hydrogens is 464 g/mol. The number of nitrogens with one attached hydrogen (secondary N) is 3. The average Bonchev–Trinajstić information content (AvgIpc) is 2.87. The van der Waals surface area contributed by atoms with Crippen molar-refractivity contribution < 1.29 is 14.7 Å². The lowest BCUT2D eigenvalue weighted by Crippen LogP contribution is -2.40. The molecule has 7 nitrogen and oxygen atoms in total. The summed E-state index contributed by atoms with van der Waals surface area (Å²) in [6, 6.07) is 16.2. The maximum absolute atomic E-state index is 12.4. The van der Waals surface area contributed by atoms with Gasteiger partial charge >= 0.3 is 5.97 Å². The Morgan fingerprint density at radius 3 is 2.46 bits per heavy atom. The zero-order valence-electron chi connectivity index (χ0n) is 22.3. The Labute approximate surface area is 221 Å². The number of anilines is 2. The first-order chi connectivity index (χ1) is 17.9. The topological polar surface area (TPSA) is 93.7 Å². The third kappa shape index (κ3) is 10.3. The normalized spacial score (nSPS) is 14.8. The van der Waals surface area contributed by atoms with E-state index in [1.165, 1.54) is 5.56 Å². The van der Waals surface area contributed by atoms with Crippen LogP contribution in [0.2, 0.25) is 0 Å². The Morgan fingerprint density at radius 2 is 1.78 bits per heavy atom. The monoisotopic (exact) mass is 506 g/mol. The highest BCUT2D eigenvalue weighted by molar-refractivity contribution is 5.78. The maximum Gasteiger partial charge on any atom is 0.303 e. The van der Waals surface area contributed by atoms with Crippen LogP contribution in [0, 0.1) is 12.8 Å². The van der Waals surface area contributed by atoms with Crippen LogP contribution in [0.5, 0.6) is 0 Å². The van der Waals surface area contributed by atoms with Gasteiger partial charge in [-0.3, -0.25) is 9.59 Å². The molecule has 1 aliphatic rings. The molecule has 0 unspecified atom stereocenters. The van der Waals surface area contributed by atoms with Crippen molar-refractivity contribution in [3.8, 4) is 0 Å². The fourth-order valence-electron chi connectivity index (χ4n) is 4.57. The number of unbranched alkanes of at least 4 members (excludes halogenated alkanes) is 2. The van der Waals surface area contributed by atoms with Crippen molar-refractivity contribution in [3.05, 3.63) is 71.6 Å². The van der Waals surface area contributed by atoms with E-state index in [0.717, 1.165) is 74.5 Å². The average molecular weight is 507 g/mol. The molecule has 0 radical (unpaired) electrons. The summed E-state index contributed by atoms with van der Waals surface area (Å²) in [5, 5.41) is 19.0. The molecule has 3 rings (SSSR count). The fraction of sp³-hybridized carbons (Fsp3) is 0.467. The summed E-state index contributed by atoms with van der Waals surface area (Å²) in [6.07, 6.45) is 7.92. The number of amides is 1. The molecule has 0 aromatic heterocycles. The molecule has 1 saturated heterocycles. The molecule has 2 aromatic rings. The minimum absolute atomic E-state index is 0.0165. The van der Waals surface area contributed by atoms with E-state index >= 15 is 0 Å². The number of aliphatic carboxylic acids is 1. The molecule has 1 amide bonds. The number of nitrogens with zero attached hydrogens (tertiary/aromatic N) is 1. The molecule has 0 bridgehead atoms. The van der Waals surface area contributed by atoms with Crippen LogP contribution in [0.3, 0.4) is 0 Å². The molecule has 0 atom stereocenters. The van der Waals surface area contributed by atoms with Gasteiger partial charge in [0.15, 0.2) is 0 Å². The first-order valence-corrected chi connectivity index (χ1v) is 13.5. The number of carbonyl (C=O) groups is 2. The predicted octanol–water partition coefficient (Wildman–Crippen LogP) is 5.40. The van der Waals surface area contributed by atoms with E-state index in [0.29, 0.717) is 13.0 Å². The summed E-state index contributed by atoms with van der Waals surface area (Å²) in [4.78, 5) is 25.6. The van der Waals surface area contributed by atoms with E-state index in [2.05, 4.69) is 52.9 Å². The number of aryl methyl sites for hydroxylation is 1. The SMILES string of the molecule is CCCC/C=C(/Nc1ccc(CC(=O)NCCN2CCC(CC(=O)O)CC2)cc1)Nc1ccccc1C. The van der Waals surface area contributed by atoms with E-state index < -0.39 is 5.97 Å². The Bertz CT molecular complexity index is 1030. The van der Waals surface area contributed by atoms with Crippen LogP contribution in [0.25, 0.3) is 0 Å². The summed E-state index contributed by atoms with van der Waals surface area (Å²) in [5.41, 5.74) is 4.21. The lowest BCUT2D eigenvalue weighted by molar-refractivity contribution is -0.138. The van der Waals surface area contributed by atoms with E-state index in [1.807, 2.05) is 36.4 Å². The number of hydrogen-bond acceptors (Lipinski definition) is 5. The van der Waals surface area contributed by atoms with Gasteiger partial charge in [-0.25, -0.2) is 0 Å². The van der Waals surface area contributed by atoms with Crippen molar-refractivity contribution in [2.45, 2.75) is 58.8 Å². The fourth-order valence-corrected chi connectivity index (χ4v) is 4.57. The Morgan fingerprint density at radius 1 is 1.05 bits per heavy atom. The predicted molar refractivity (Wildman–Crippen MR) is 151 cm³/mol. The number of rotatable bonds is 14. The Balaban J connectivity index is 1.44. The van der Waals surface area contributed by atoms with Crippen LogP contribution in [0.4, 0.5) is 11.4 Å². The number of hydrogen-bond donors (Lipinski definition) is 4. The number of likely N-dealkylation sites (tertiary alicyclic amines) is 1. The quantitative estimate of drug-likeness (QED) is 0.257. The number of carboxylic acid groups (broad SMARTS) is 1. The van der Waals surface area contributed by atoms with Crippen LogP contribution < -0.4 is 16.0 Å². The van der Waals surface area contributed by atoms with Crippen LogP contribution in [0.15, 0.2) is 60.4 Å². The van der Waals surface area contributed by atoms with Crippen molar-refractivity contribution in [2.24, 2.45) is 5.92 Å². The summed E-state index contributed by atoms with van der Waals surface area (Å²) in [5.74, 6) is 0.544. The molecule has 1 heterocycles. The van der Waals surface area contributed by atoms with Crippen LogP contribution in [-0.2, 0) is 16.0 Å². The molecule has 37 heavy (non-hydrogen) atoms. The van der Waals surface area contributed by atoms with Crippen molar-refractivity contribution in [1.29, 1.82) is 0 Å². The number of allylic oxidation sites excluding steroid dienone is 1. The third-order valence-corrected chi connectivity index (χ3v) is 6.84. The standard InChI is InChI=1S/C30H42N4O3/c1-3-4-5-10-28(33-27-9-7-6-8-23(27)2)32-26-13-11-24(12-14-26)21-29(35)31-17-20-34-18-15-25(16-19-34)22-30(36)37/h6-14,25,32-33H,3-5,15-22H2,1-2H3,(H,31,35)(H,36,37)/b28-10-. The number of benzene rings is 2. The molecule has 0 saturated carbocycles. The van der Waals surface area contributed by atoms with E-state index in [9.17, 15) is 9.59 Å². The number of carbonyl (C=O) groups excluding carboxylic acids is 1. The molecule has 1 aliphatic heterocycles. The zero-order chi connectivity index (χ0) is 26.5. The van der Waals surface area contributed by atoms with Gasteiger partial charge in [0.25, 0.3) is 0 Å². The molecule has 4 N–H and O–H groups in total. The molecule has 200 valence electrons. The lowest BCUT2D eigenvalue weighted by Gasteiger charge is -2.31. The second kappa shape index (κ2) is 15.1. The van der Waals surface area contributed by atoms with Gasteiger partial charge in [0, 0.05) is 30.9 Å². The van der Waals surface area contributed by atoms with E-state index in [4.69, 9.17) is 5.11 Å². The zero-order valence-corrected chi connectivity index (χ0v) is 22.3. The second-order valence-electron chi connectivity index (χ2n) is 9.93. The summed E-state index contributed by atoms with van der Waals surface area (Å²) < 4.78 is 0. The van der Waals surface area contributed by atoms with Crippen LogP contribution >= 0.6 is 0 Å². The summed E-state index contributed by atoms with van der Waals surface area (Å²) in [7, 11) is 0. The van der Waals surface area contributed by atoms with Gasteiger partial charge in [-0.15, -0.1) is 0 Å². The number of para-hydroxylation sites is 1. The lowest BCUT2D eigenvalue weighted by atomic mass is 9.94. The van der Waals surface area contributed by atoms with E-state index in [1.54, 1.807) is 0 Å². The smallest absolute Gasteiger partial charge is 0.303 e. The molecular formula is C30H42N4O3. The third-order valence-electron chi connectivity index (χ3n) is 6.84. The highest BCUT2D eigenvalue weighted by atomic mass is 16.4. The van der Waals surface area contributed by atoms with Gasteiger partial charge in [-0.05, 0) is 87.0 Å². The Hall–Kier alpha value is -3.32. The molecule has 7 heteroatoms. The molecule has 2 aromatic carbocycles. The molecule has 1 fully saturated rings. The van der Waals surface area contributed by atoms with Gasteiger partial charge in [0.2, 0.25) is 5.91 Å². The van der Waals surface area contributed by atoms with Gasteiger partial charge in [-0.1, -0.05) is 43.7 Å². The number of piperidine rings is 1. The van der Waals surface area contributed by atoms with Crippen LogP contribution in [-0.4, -0.2) is 48.1 Å². The minimum atomic E-state index is -0.711. The van der Waals surface area contributed by atoms with Gasteiger partial charge in [0.05, 0.1) is 6.42 Å². The maximum atomic E-state index is 12.4. The molecule has 0 spiro atoms. The van der Waals surface area contributed by atoms with Gasteiger partial charge in [-0.2, -0.15) is 0 Å². The largest absolute Gasteiger partial charge is 0.481 e. The second-order valence-corrected chi connectivity index (χ2v) is 9.93. The Kier molecular flexibility index (Phi) is 11.5. The van der Waals surface area contributed by atoms with Crippen molar-refractivity contribution >= 4 is 23.3 Å². The first-order valence-electron chi connectivity index (χ1n) is 13.5.